The molecule has 0 spiro atoms. The van der Waals surface area contributed by atoms with E-state index in [4.69, 9.17) is 22.1 Å². The van der Waals surface area contributed by atoms with Crippen LogP contribution in [0.25, 0.3) is 0 Å². The monoisotopic (exact) mass is 432 g/mol. The molecule has 0 bridgehead atoms. The third-order valence-electron chi connectivity index (χ3n) is 4.54. The van der Waals surface area contributed by atoms with Gasteiger partial charge in [-0.25, -0.2) is 4.79 Å². The number of nitrogens with zero attached hydrogens (tertiary/aromatic N) is 1. The first-order valence-electron chi connectivity index (χ1n) is 9.96. The van der Waals surface area contributed by atoms with Gasteiger partial charge in [0.15, 0.2) is 0 Å². The molecular formula is C19H33ClN4O5. The highest BCUT2D eigenvalue weighted by Crippen LogP contribution is 2.27. The Kier molecular flexibility index (Phi) is 10.2. The zero-order chi connectivity index (χ0) is 22.0. The SMILES string of the molecule is CC(C)(C)OC(=O)NC(CC1CCCCC1)C(=O)NN(CCC(N)=O)C(=O)CCl. The van der Waals surface area contributed by atoms with Gasteiger partial charge in [-0.3, -0.25) is 24.8 Å². The van der Waals surface area contributed by atoms with E-state index in [-0.39, 0.29) is 24.8 Å². The van der Waals surface area contributed by atoms with Crippen molar-refractivity contribution in [2.24, 2.45) is 11.7 Å². The Morgan fingerprint density at radius 3 is 2.31 bits per heavy atom. The van der Waals surface area contributed by atoms with Crippen LogP contribution >= 0.6 is 11.6 Å². The van der Waals surface area contributed by atoms with Gasteiger partial charge < -0.3 is 15.8 Å². The van der Waals surface area contributed by atoms with Gasteiger partial charge in [0.05, 0.1) is 6.54 Å². The standard InChI is InChI=1S/C19H33ClN4O5/c1-19(2,3)29-18(28)22-14(11-13-7-5-4-6-8-13)17(27)23-24(16(26)12-20)10-9-15(21)25/h13-14H,4-12H2,1-3H3,(H2,21,25)(H,22,28)(H,23,27). The number of nitrogens with two attached hydrogens (primary N) is 1. The number of carbonyl (C=O) groups is 4. The van der Waals surface area contributed by atoms with Gasteiger partial charge in [-0.1, -0.05) is 32.1 Å². The van der Waals surface area contributed by atoms with Crippen LogP contribution in [0, 0.1) is 5.92 Å². The van der Waals surface area contributed by atoms with Gasteiger partial charge in [0.1, 0.15) is 17.5 Å². The maximum Gasteiger partial charge on any atom is 0.408 e. The lowest BCUT2D eigenvalue weighted by Gasteiger charge is -2.30. The number of ether oxygens (including phenoxy) is 1. The molecule has 0 saturated heterocycles. The van der Waals surface area contributed by atoms with Gasteiger partial charge >= 0.3 is 6.09 Å². The molecule has 1 fully saturated rings. The number of hydrogen-bond acceptors (Lipinski definition) is 5. The molecule has 0 aromatic heterocycles. The van der Waals surface area contributed by atoms with Crippen molar-refractivity contribution in [1.82, 2.24) is 15.8 Å². The van der Waals surface area contributed by atoms with Crippen molar-refractivity contribution >= 4 is 35.4 Å². The third kappa shape index (κ3) is 10.3. The van der Waals surface area contributed by atoms with Crippen molar-refractivity contribution in [3.05, 3.63) is 0 Å². The highest BCUT2D eigenvalue weighted by atomic mass is 35.5. The number of alkyl halides is 1. The van der Waals surface area contributed by atoms with Crippen LogP contribution in [-0.2, 0) is 19.1 Å². The zero-order valence-electron chi connectivity index (χ0n) is 17.5. The van der Waals surface area contributed by atoms with Gasteiger partial charge in [0.2, 0.25) is 5.91 Å². The van der Waals surface area contributed by atoms with Crippen LogP contribution in [0.5, 0.6) is 0 Å². The predicted octanol–water partition coefficient (Wildman–Crippen LogP) is 1.82. The Balaban J connectivity index is 2.86. The Labute approximate surface area is 177 Å². The summed E-state index contributed by atoms with van der Waals surface area (Å²) in [5.41, 5.74) is 6.88. The Bertz CT molecular complexity index is 588. The predicted molar refractivity (Wildman–Crippen MR) is 109 cm³/mol. The minimum Gasteiger partial charge on any atom is -0.444 e. The first-order chi connectivity index (χ1) is 13.5. The molecule has 4 amide bonds. The molecule has 0 radical (unpaired) electrons. The first-order valence-corrected chi connectivity index (χ1v) is 10.5. The molecule has 0 aliphatic heterocycles. The van der Waals surface area contributed by atoms with Crippen LogP contribution in [0.1, 0.15) is 65.7 Å². The van der Waals surface area contributed by atoms with Crippen molar-refractivity contribution in [2.45, 2.75) is 77.4 Å². The fourth-order valence-electron chi connectivity index (χ4n) is 3.19. The van der Waals surface area contributed by atoms with Crippen LogP contribution < -0.4 is 16.5 Å². The molecule has 9 nitrogen and oxygen atoms in total. The summed E-state index contributed by atoms with van der Waals surface area (Å²) in [4.78, 5) is 48.1. The van der Waals surface area contributed by atoms with E-state index in [0.29, 0.717) is 6.42 Å². The number of primary amides is 1. The summed E-state index contributed by atoms with van der Waals surface area (Å²) >= 11 is 5.59. The lowest BCUT2D eigenvalue weighted by atomic mass is 9.84. The average Bonchev–Trinajstić information content (AvgIpc) is 2.62. The summed E-state index contributed by atoms with van der Waals surface area (Å²) in [6.07, 6.45) is 4.89. The number of amides is 4. The van der Waals surface area contributed by atoms with Crippen molar-refractivity contribution in [3.63, 3.8) is 0 Å². The van der Waals surface area contributed by atoms with E-state index in [1.54, 1.807) is 20.8 Å². The van der Waals surface area contributed by atoms with E-state index in [1.165, 1.54) is 0 Å². The van der Waals surface area contributed by atoms with E-state index in [9.17, 15) is 19.2 Å². The Morgan fingerprint density at radius 2 is 1.79 bits per heavy atom. The van der Waals surface area contributed by atoms with Gasteiger partial charge in [0.25, 0.3) is 11.8 Å². The van der Waals surface area contributed by atoms with Crippen LogP contribution in [0.4, 0.5) is 4.79 Å². The van der Waals surface area contributed by atoms with Gasteiger partial charge in [0, 0.05) is 6.42 Å². The van der Waals surface area contributed by atoms with Crippen molar-refractivity contribution in [2.75, 3.05) is 12.4 Å². The summed E-state index contributed by atoms with van der Waals surface area (Å²) in [7, 11) is 0. The highest BCUT2D eigenvalue weighted by molar-refractivity contribution is 6.27. The third-order valence-corrected chi connectivity index (χ3v) is 4.77. The summed E-state index contributed by atoms with van der Waals surface area (Å²) in [5.74, 6) is -1.83. The number of hydrogen-bond donors (Lipinski definition) is 3. The first kappa shape index (κ1) is 25.0. The fraction of sp³-hybridized carbons (Fsp3) is 0.789. The van der Waals surface area contributed by atoms with Gasteiger partial charge in [-0.2, -0.15) is 0 Å². The van der Waals surface area contributed by atoms with E-state index in [0.717, 1.165) is 37.1 Å². The van der Waals surface area contributed by atoms with Crippen LogP contribution in [0.2, 0.25) is 0 Å². The number of carbonyl (C=O) groups excluding carboxylic acids is 4. The Hall–Kier alpha value is -2.03. The highest BCUT2D eigenvalue weighted by Gasteiger charge is 2.29. The minimum atomic E-state index is -0.882. The topological polar surface area (TPSA) is 131 Å². The molecule has 4 N–H and O–H groups in total. The molecule has 1 aliphatic rings. The lowest BCUT2D eigenvalue weighted by Crippen LogP contribution is -2.56. The molecule has 1 unspecified atom stereocenters. The zero-order valence-corrected chi connectivity index (χ0v) is 18.2. The number of hydrazine groups is 1. The number of alkyl carbamates (subject to hydrolysis) is 1. The van der Waals surface area contributed by atoms with Gasteiger partial charge in [-0.15, -0.1) is 11.6 Å². The number of nitrogens with one attached hydrogen (secondary N) is 2. The quantitative estimate of drug-likeness (QED) is 0.397. The van der Waals surface area contributed by atoms with Crippen LogP contribution in [0.3, 0.4) is 0 Å². The van der Waals surface area contributed by atoms with Crippen molar-refractivity contribution in [1.29, 1.82) is 0 Å². The van der Waals surface area contributed by atoms with E-state index in [1.807, 2.05) is 0 Å². The molecule has 1 aliphatic carbocycles. The number of halogens is 1. The molecule has 0 aromatic rings. The second-order valence-corrected chi connectivity index (χ2v) is 8.58. The maximum absolute atomic E-state index is 12.9. The lowest BCUT2D eigenvalue weighted by molar-refractivity contribution is -0.141. The number of rotatable bonds is 8. The fourth-order valence-corrected chi connectivity index (χ4v) is 3.33. The second-order valence-electron chi connectivity index (χ2n) is 8.31. The minimum absolute atomic E-state index is 0.102. The molecule has 0 heterocycles. The molecule has 29 heavy (non-hydrogen) atoms. The van der Waals surface area contributed by atoms with Crippen LogP contribution in [-0.4, -0.2) is 52.9 Å². The smallest absolute Gasteiger partial charge is 0.408 e. The summed E-state index contributed by atoms with van der Waals surface area (Å²) in [5, 5.41) is 3.58. The van der Waals surface area contributed by atoms with Crippen molar-refractivity contribution in [3.8, 4) is 0 Å². The Morgan fingerprint density at radius 1 is 1.17 bits per heavy atom. The normalized spacial score (nSPS) is 15.9. The van der Waals surface area contributed by atoms with Crippen molar-refractivity contribution < 1.29 is 23.9 Å². The summed E-state index contributed by atoms with van der Waals surface area (Å²) in [6.45, 7) is 5.09. The molecule has 1 rings (SSSR count). The molecule has 10 heteroatoms. The molecular weight excluding hydrogens is 400 g/mol. The second kappa shape index (κ2) is 11.8. The summed E-state index contributed by atoms with van der Waals surface area (Å²) in [6, 6.07) is -0.882. The molecule has 1 saturated carbocycles. The largest absolute Gasteiger partial charge is 0.444 e. The molecule has 0 aromatic carbocycles. The van der Waals surface area contributed by atoms with Crippen LogP contribution in [0.15, 0.2) is 0 Å². The average molecular weight is 433 g/mol. The summed E-state index contributed by atoms with van der Waals surface area (Å²) < 4.78 is 5.27. The van der Waals surface area contributed by atoms with E-state index >= 15 is 0 Å². The van der Waals surface area contributed by atoms with E-state index in [2.05, 4.69) is 10.7 Å². The van der Waals surface area contributed by atoms with Gasteiger partial charge in [-0.05, 0) is 33.1 Å². The molecule has 1 atom stereocenters. The maximum atomic E-state index is 12.9. The molecule has 166 valence electrons. The van der Waals surface area contributed by atoms with E-state index < -0.39 is 35.5 Å².